The number of hydrogen-bond acceptors (Lipinski definition) is 14. The molecule has 0 bridgehead atoms. The Kier molecular flexibility index (Phi) is 16.8. The van der Waals surface area contributed by atoms with Crippen molar-refractivity contribution in [2.24, 2.45) is 15.8 Å². The van der Waals surface area contributed by atoms with Crippen molar-refractivity contribution < 1.29 is 60.7 Å². The maximum Gasteiger partial charge on any atom is 0.303 e. The van der Waals surface area contributed by atoms with Crippen molar-refractivity contribution in [2.75, 3.05) is 18.0 Å². The number of halogens is 1. The van der Waals surface area contributed by atoms with Gasteiger partial charge in [-0.2, -0.15) is 0 Å². The molecule has 17 heteroatoms. The first-order valence-electron chi connectivity index (χ1n) is 12.6. The number of aliphatic hydroxyl groups is 8. The molecule has 42 heavy (non-hydrogen) atoms. The van der Waals surface area contributed by atoms with Crippen LogP contribution in [0, 0.1) is 10.8 Å². The van der Waals surface area contributed by atoms with Gasteiger partial charge in [0.1, 0.15) is 17.5 Å². The fraction of sp³-hybridized carbons (Fsp3) is 0.720. The first-order valence-corrected chi connectivity index (χ1v) is 12.6. The van der Waals surface area contributed by atoms with E-state index in [4.69, 9.17) is 10.2 Å². The van der Waals surface area contributed by atoms with E-state index in [0.29, 0.717) is 0 Å². The van der Waals surface area contributed by atoms with Crippen molar-refractivity contribution in [2.45, 2.75) is 92.0 Å². The predicted octanol–water partition coefficient (Wildman–Crippen LogP) is -0.480. The zero-order chi connectivity index (χ0) is 32.5. The Labute approximate surface area is 250 Å². The van der Waals surface area contributed by atoms with E-state index in [9.17, 15) is 50.4 Å². The molecule has 1 aliphatic heterocycles. The first kappa shape index (κ1) is 41.6. The molecule has 0 radical (unpaired) electrons. The molecule has 1 unspecified atom stereocenters. The summed E-state index contributed by atoms with van der Waals surface area (Å²) in [6, 6.07) is 0. The van der Waals surface area contributed by atoms with Crippen LogP contribution in [0.4, 0.5) is 5.82 Å². The van der Waals surface area contributed by atoms with Crippen molar-refractivity contribution in [3.8, 4) is 0 Å². The lowest BCUT2D eigenvalue weighted by Crippen LogP contribution is -2.60. The van der Waals surface area contributed by atoms with Crippen LogP contribution in [-0.2, 0) is 9.59 Å². The van der Waals surface area contributed by atoms with E-state index in [0.717, 1.165) is 11.1 Å². The third kappa shape index (κ3) is 13.2. The monoisotopic (exact) mass is 628 g/mol. The molecule has 0 spiro atoms. The van der Waals surface area contributed by atoms with Crippen LogP contribution in [0.2, 0.25) is 0 Å². The molecule has 16 nitrogen and oxygen atoms in total. The Morgan fingerprint density at radius 2 is 1.43 bits per heavy atom. The van der Waals surface area contributed by atoms with Crippen LogP contribution in [-0.4, -0.2) is 110 Å². The summed E-state index contributed by atoms with van der Waals surface area (Å²) >= 11 is 0. The van der Waals surface area contributed by atoms with E-state index in [1.807, 2.05) is 41.5 Å². The van der Waals surface area contributed by atoms with Gasteiger partial charge in [0.15, 0.2) is 18.4 Å². The summed E-state index contributed by atoms with van der Waals surface area (Å²) in [6.45, 7) is 13.0. The number of nitrogens with zero attached hydrogens (tertiary/aromatic N) is 4. The van der Waals surface area contributed by atoms with Crippen molar-refractivity contribution in [1.29, 1.82) is 0 Å². The third-order valence-corrected chi connectivity index (χ3v) is 5.14. The lowest BCUT2D eigenvalue weighted by atomic mass is 9.93. The Bertz CT molecular complexity index is 1020. The van der Waals surface area contributed by atoms with Crippen molar-refractivity contribution in [3.05, 3.63) is 17.6 Å². The molecule has 1 aromatic heterocycles. The molecule has 1 fully saturated rings. The summed E-state index contributed by atoms with van der Waals surface area (Å²) in [6.07, 6.45) is -7.18. The molecule has 2 atom stereocenters. The Hall–Kier alpha value is -2.54. The van der Waals surface area contributed by atoms with Crippen LogP contribution < -0.4 is 4.90 Å². The van der Waals surface area contributed by atoms with Crippen LogP contribution in [0.1, 0.15) is 85.3 Å². The number of anilines is 1. The second kappa shape index (κ2) is 16.9. The normalized spacial score (nSPS) is 19.7. The van der Waals surface area contributed by atoms with Gasteiger partial charge in [0.25, 0.3) is 0 Å². The van der Waals surface area contributed by atoms with E-state index >= 15 is 0 Å². The quantitative estimate of drug-likeness (QED) is 0.171. The summed E-state index contributed by atoms with van der Waals surface area (Å²) in [4.78, 5) is 32.2. The van der Waals surface area contributed by atoms with Gasteiger partial charge in [-0.3, -0.25) is 14.6 Å². The standard InChI is InChI=1S/C13H20N4O8.2C6H12O2.ClH/c1-2-14-6-4-17(13(25,8(6)18)12(23)24)9-7(11(21)22)15-3-5(16-9)10(19)20;2*1-6(2,3)4-5(7)8;/h3,8,10-12,18-25H,2,4H2,1H3;2*4H2,1-3H3,(H,7,8);1H/t8-,13?;;;/m1.../s1. The number of carboxylic acids is 2. The van der Waals surface area contributed by atoms with Gasteiger partial charge >= 0.3 is 11.9 Å². The molecule has 0 amide bonds. The number of rotatable bonds is 7. The van der Waals surface area contributed by atoms with Crippen LogP contribution in [0.15, 0.2) is 11.2 Å². The van der Waals surface area contributed by atoms with E-state index < -0.39 is 59.8 Å². The minimum Gasteiger partial charge on any atom is -0.481 e. The molecule has 0 aliphatic carbocycles. The molecule has 1 aliphatic rings. The van der Waals surface area contributed by atoms with E-state index in [-0.39, 0.29) is 54.9 Å². The van der Waals surface area contributed by atoms with Crippen LogP contribution in [0.5, 0.6) is 0 Å². The van der Waals surface area contributed by atoms with Gasteiger partial charge in [-0.1, -0.05) is 41.5 Å². The number of carboxylic acid groups (broad SMARTS) is 2. The van der Waals surface area contributed by atoms with Crippen LogP contribution >= 0.6 is 12.4 Å². The van der Waals surface area contributed by atoms with Gasteiger partial charge in [-0.15, -0.1) is 12.4 Å². The zero-order valence-corrected chi connectivity index (χ0v) is 25.5. The second-order valence-electron chi connectivity index (χ2n) is 11.6. The van der Waals surface area contributed by atoms with Crippen molar-refractivity contribution in [3.63, 3.8) is 0 Å². The largest absolute Gasteiger partial charge is 0.481 e. The average molecular weight is 629 g/mol. The smallest absolute Gasteiger partial charge is 0.303 e. The van der Waals surface area contributed by atoms with E-state index in [2.05, 4.69) is 15.0 Å². The number of aliphatic hydroxyl groups excluding tert-OH is 4. The Balaban J connectivity index is 0. The van der Waals surface area contributed by atoms with Crippen molar-refractivity contribution >= 4 is 35.9 Å². The van der Waals surface area contributed by atoms with E-state index in [1.165, 1.54) is 0 Å². The summed E-state index contributed by atoms with van der Waals surface area (Å²) < 4.78 is 0. The SMILES string of the molecule is CC(C)(C)CC(=O)O.CC(C)(C)CC(=O)O.CCN=C1CN(c2nc(C(O)O)cnc2C(O)O)C(O)(C(O)O)[C@@H]1O.Cl. The van der Waals surface area contributed by atoms with Gasteiger partial charge in [-0.05, 0) is 17.8 Å². The number of aliphatic imine (C=N–C) groups is 1. The lowest BCUT2D eigenvalue weighted by molar-refractivity contribution is -0.204. The highest BCUT2D eigenvalue weighted by Gasteiger charge is 2.57. The summed E-state index contributed by atoms with van der Waals surface area (Å²) in [5.41, 5.74) is -3.78. The summed E-state index contributed by atoms with van der Waals surface area (Å²) in [5.74, 6) is -1.94. The molecule has 10 N–H and O–H groups in total. The fourth-order valence-corrected chi connectivity index (χ4v) is 3.45. The van der Waals surface area contributed by atoms with E-state index in [1.54, 1.807) is 6.92 Å². The number of aliphatic carboxylic acids is 2. The van der Waals surface area contributed by atoms with Gasteiger partial charge in [0, 0.05) is 6.54 Å². The predicted molar refractivity (Wildman–Crippen MR) is 152 cm³/mol. The third-order valence-electron chi connectivity index (χ3n) is 5.14. The van der Waals surface area contributed by atoms with Crippen LogP contribution in [0.3, 0.4) is 0 Å². The minimum absolute atomic E-state index is 0. The highest BCUT2D eigenvalue weighted by molar-refractivity contribution is 5.97. The molecular weight excluding hydrogens is 584 g/mol. The molecule has 0 saturated carbocycles. The Morgan fingerprint density at radius 1 is 0.976 bits per heavy atom. The molecular formula is C25H45ClN4O12. The minimum atomic E-state index is -2.72. The van der Waals surface area contributed by atoms with Crippen LogP contribution in [0.25, 0.3) is 0 Å². The molecule has 244 valence electrons. The maximum atomic E-state index is 10.6. The molecule has 0 aromatic carbocycles. The Morgan fingerprint density at radius 3 is 1.71 bits per heavy atom. The number of aromatic nitrogens is 2. The molecule has 1 saturated heterocycles. The van der Waals surface area contributed by atoms with Gasteiger partial charge < -0.3 is 56.0 Å². The highest BCUT2D eigenvalue weighted by atomic mass is 35.5. The lowest BCUT2D eigenvalue weighted by Gasteiger charge is -2.37. The average Bonchev–Trinajstić information content (AvgIpc) is 3.02. The molecule has 2 rings (SSSR count). The fourth-order valence-electron chi connectivity index (χ4n) is 3.45. The summed E-state index contributed by atoms with van der Waals surface area (Å²) in [7, 11) is 0. The number of hydrogen-bond donors (Lipinski definition) is 10. The topological polar surface area (TPSA) is 278 Å². The summed E-state index contributed by atoms with van der Waals surface area (Å²) in [5, 5.41) is 93.9. The zero-order valence-electron chi connectivity index (χ0n) is 24.7. The van der Waals surface area contributed by atoms with Gasteiger partial charge in [0.05, 0.1) is 31.3 Å². The highest BCUT2D eigenvalue weighted by Crippen LogP contribution is 2.36. The van der Waals surface area contributed by atoms with Crippen molar-refractivity contribution in [1.82, 2.24) is 9.97 Å². The van der Waals surface area contributed by atoms with Gasteiger partial charge in [0.2, 0.25) is 12.0 Å². The molecule has 1 aromatic rings. The number of carbonyl (C=O) groups is 2. The molecule has 2 heterocycles. The van der Waals surface area contributed by atoms with Gasteiger partial charge in [-0.25, -0.2) is 9.97 Å². The maximum absolute atomic E-state index is 10.6. The second-order valence-corrected chi connectivity index (χ2v) is 11.6. The first-order chi connectivity index (χ1) is 18.5.